The van der Waals surface area contributed by atoms with E-state index in [1.54, 1.807) is 7.11 Å². The van der Waals surface area contributed by atoms with Crippen molar-refractivity contribution < 1.29 is 4.74 Å². The summed E-state index contributed by atoms with van der Waals surface area (Å²) in [6, 6.07) is 14.6. The Labute approximate surface area is 113 Å². The Bertz CT molecular complexity index is 534. The summed E-state index contributed by atoms with van der Waals surface area (Å²) in [5.74, 6) is 1.47. The number of aryl methyl sites for hydroxylation is 1. The van der Waals surface area contributed by atoms with Gasteiger partial charge in [0.15, 0.2) is 0 Å². The Morgan fingerprint density at radius 3 is 2.56 bits per heavy atom. The van der Waals surface area contributed by atoms with E-state index < -0.39 is 0 Å². The van der Waals surface area contributed by atoms with Crippen molar-refractivity contribution >= 4 is 11.6 Å². The minimum absolute atomic E-state index is 0.570. The van der Waals surface area contributed by atoms with Crippen LogP contribution in [0.2, 0.25) is 0 Å². The molecule has 0 radical (unpaired) electrons. The van der Waals surface area contributed by atoms with Gasteiger partial charge in [0.2, 0.25) is 0 Å². The van der Waals surface area contributed by atoms with E-state index in [1.807, 2.05) is 12.1 Å². The fraction of sp³-hybridized carbons (Fsp3) is 0.250. The molecule has 0 saturated heterocycles. The van der Waals surface area contributed by atoms with Crippen LogP contribution in [0.25, 0.3) is 0 Å². The molecule has 0 aliphatic carbocycles. The smallest absolute Gasteiger partial charge is 0.119 e. The molecule has 0 aliphatic heterocycles. The maximum absolute atomic E-state index is 5.83. The van der Waals surface area contributed by atoms with E-state index in [1.165, 1.54) is 22.3 Å². The van der Waals surface area contributed by atoms with Crippen LogP contribution >= 0.6 is 11.6 Å². The molecule has 0 atom stereocenters. The van der Waals surface area contributed by atoms with Crippen LogP contribution in [0.1, 0.15) is 22.3 Å². The number of rotatable bonds is 4. The normalized spacial score (nSPS) is 10.4. The first-order valence-corrected chi connectivity index (χ1v) is 6.53. The largest absolute Gasteiger partial charge is 0.497 e. The summed E-state index contributed by atoms with van der Waals surface area (Å²) in [7, 11) is 1.69. The number of methoxy groups -OCH3 is 1. The van der Waals surface area contributed by atoms with Crippen LogP contribution in [0.5, 0.6) is 5.75 Å². The van der Waals surface area contributed by atoms with Gasteiger partial charge in [0, 0.05) is 5.88 Å². The summed E-state index contributed by atoms with van der Waals surface area (Å²) >= 11 is 5.83. The molecule has 2 aromatic rings. The number of ether oxygens (including phenoxy) is 1. The molecule has 2 aromatic carbocycles. The third-order valence-corrected chi connectivity index (χ3v) is 3.40. The summed E-state index contributed by atoms with van der Waals surface area (Å²) in [6.45, 7) is 2.13. The number of hydrogen-bond acceptors (Lipinski definition) is 1. The van der Waals surface area contributed by atoms with Gasteiger partial charge in [0.05, 0.1) is 7.11 Å². The monoisotopic (exact) mass is 260 g/mol. The molecule has 0 bridgehead atoms. The fourth-order valence-electron chi connectivity index (χ4n) is 2.04. The predicted molar refractivity (Wildman–Crippen MR) is 76.5 cm³/mol. The molecule has 94 valence electrons. The Morgan fingerprint density at radius 1 is 1.06 bits per heavy atom. The van der Waals surface area contributed by atoms with Gasteiger partial charge in [-0.25, -0.2) is 0 Å². The van der Waals surface area contributed by atoms with E-state index in [0.717, 1.165) is 12.2 Å². The van der Waals surface area contributed by atoms with Gasteiger partial charge in [0.1, 0.15) is 5.75 Å². The second-order valence-electron chi connectivity index (χ2n) is 4.42. The zero-order valence-corrected chi connectivity index (χ0v) is 11.5. The van der Waals surface area contributed by atoms with Gasteiger partial charge >= 0.3 is 0 Å². The molecule has 0 unspecified atom stereocenters. The van der Waals surface area contributed by atoms with Gasteiger partial charge in [-0.3, -0.25) is 0 Å². The lowest BCUT2D eigenvalue weighted by molar-refractivity contribution is 0.414. The summed E-state index contributed by atoms with van der Waals surface area (Å²) in [5, 5.41) is 0. The van der Waals surface area contributed by atoms with Crippen molar-refractivity contribution in [1.82, 2.24) is 0 Å². The molecule has 2 rings (SSSR count). The highest BCUT2D eigenvalue weighted by Crippen LogP contribution is 2.19. The molecular formula is C16H17ClO. The van der Waals surface area contributed by atoms with Crippen LogP contribution in [0.3, 0.4) is 0 Å². The molecule has 0 saturated carbocycles. The molecule has 18 heavy (non-hydrogen) atoms. The van der Waals surface area contributed by atoms with Gasteiger partial charge < -0.3 is 4.74 Å². The molecule has 0 fully saturated rings. The van der Waals surface area contributed by atoms with Crippen molar-refractivity contribution in [1.29, 1.82) is 0 Å². The lowest BCUT2D eigenvalue weighted by Crippen LogP contribution is -1.94. The molecule has 2 heteroatoms. The van der Waals surface area contributed by atoms with E-state index >= 15 is 0 Å². The van der Waals surface area contributed by atoms with Crippen LogP contribution in [0, 0.1) is 6.92 Å². The van der Waals surface area contributed by atoms with Crippen molar-refractivity contribution in [2.45, 2.75) is 19.2 Å². The molecule has 0 aliphatic rings. The minimum atomic E-state index is 0.570. The Hall–Kier alpha value is -1.47. The van der Waals surface area contributed by atoms with Crippen molar-refractivity contribution in [3.05, 3.63) is 64.7 Å². The molecule has 0 aromatic heterocycles. The third kappa shape index (κ3) is 3.05. The van der Waals surface area contributed by atoms with E-state index in [4.69, 9.17) is 16.3 Å². The van der Waals surface area contributed by atoms with Crippen molar-refractivity contribution in [2.75, 3.05) is 7.11 Å². The van der Waals surface area contributed by atoms with Crippen molar-refractivity contribution in [3.8, 4) is 5.75 Å². The fourth-order valence-corrected chi connectivity index (χ4v) is 2.21. The van der Waals surface area contributed by atoms with E-state index in [0.29, 0.717) is 5.88 Å². The Morgan fingerprint density at radius 2 is 1.89 bits per heavy atom. The zero-order chi connectivity index (χ0) is 13.0. The van der Waals surface area contributed by atoms with E-state index in [-0.39, 0.29) is 0 Å². The third-order valence-electron chi connectivity index (χ3n) is 3.09. The maximum Gasteiger partial charge on any atom is 0.119 e. The van der Waals surface area contributed by atoms with Crippen molar-refractivity contribution in [2.24, 2.45) is 0 Å². The first-order chi connectivity index (χ1) is 8.72. The Balaban J connectivity index is 2.22. The second kappa shape index (κ2) is 5.92. The highest BCUT2D eigenvalue weighted by atomic mass is 35.5. The van der Waals surface area contributed by atoms with E-state index in [9.17, 15) is 0 Å². The summed E-state index contributed by atoms with van der Waals surface area (Å²) < 4.78 is 5.24. The van der Waals surface area contributed by atoms with Gasteiger partial charge in [-0.1, -0.05) is 30.3 Å². The lowest BCUT2D eigenvalue weighted by atomic mass is 9.99. The zero-order valence-electron chi connectivity index (χ0n) is 10.7. The second-order valence-corrected chi connectivity index (χ2v) is 4.69. The van der Waals surface area contributed by atoms with Crippen LogP contribution in [-0.4, -0.2) is 7.11 Å². The van der Waals surface area contributed by atoms with Gasteiger partial charge in [0.25, 0.3) is 0 Å². The summed E-state index contributed by atoms with van der Waals surface area (Å²) in [4.78, 5) is 0. The summed E-state index contributed by atoms with van der Waals surface area (Å²) in [5.41, 5.74) is 5.05. The molecular weight excluding hydrogens is 244 g/mol. The van der Waals surface area contributed by atoms with Crippen LogP contribution < -0.4 is 4.74 Å². The SMILES string of the molecule is COc1cccc(Cc2ccc(CCl)cc2C)c1. The molecule has 1 nitrogen and oxygen atoms in total. The molecule has 0 spiro atoms. The number of benzene rings is 2. The van der Waals surface area contributed by atoms with E-state index in [2.05, 4.69) is 37.3 Å². The predicted octanol–water partition coefficient (Wildman–Crippen LogP) is 4.33. The first-order valence-electron chi connectivity index (χ1n) is 6.00. The lowest BCUT2D eigenvalue weighted by Gasteiger charge is -2.09. The number of hydrogen-bond donors (Lipinski definition) is 0. The van der Waals surface area contributed by atoms with Crippen LogP contribution in [-0.2, 0) is 12.3 Å². The molecule has 0 N–H and O–H groups in total. The average Bonchev–Trinajstić information content (AvgIpc) is 2.41. The van der Waals surface area contributed by atoms with Crippen LogP contribution in [0.15, 0.2) is 42.5 Å². The quantitative estimate of drug-likeness (QED) is 0.744. The molecule has 0 heterocycles. The highest BCUT2D eigenvalue weighted by molar-refractivity contribution is 6.17. The minimum Gasteiger partial charge on any atom is -0.497 e. The molecule has 0 amide bonds. The van der Waals surface area contributed by atoms with Crippen LogP contribution in [0.4, 0.5) is 0 Å². The Kier molecular flexibility index (Phi) is 4.27. The summed E-state index contributed by atoms with van der Waals surface area (Å²) in [6.07, 6.45) is 0.922. The van der Waals surface area contributed by atoms with Crippen molar-refractivity contribution in [3.63, 3.8) is 0 Å². The van der Waals surface area contributed by atoms with Gasteiger partial charge in [-0.2, -0.15) is 0 Å². The average molecular weight is 261 g/mol. The maximum atomic E-state index is 5.83. The highest BCUT2D eigenvalue weighted by Gasteiger charge is 2.02. The number of halogens is 1. The van der Waals surface area contributed by atoms with Gasteiger partial charge in [-0.05, 0) is 47.7 Å². The topological polar surface area (TPSA) is 9.23 Å². The standard InChI is InChI=1S/C16H17ClO/c1-12-8-14(11-17)6-7-15(12)9-13-4-3-5-16(10-13)18-2/h3-8,10H,9,11H2,1-2H3. The number of alkyl halides is 1. The van der Waals surface area contributed by atoms with Gasteiger partial charge in [-0.15, -0.1) is 11.6 Å². The first kappa shape index (κ1) is 13.0.